The lowest BCUT2D eigenvalue weighted by atomic mass is 9.97. The van der Waals surface area contributed by atoms with Crippen LogP contribution in [0.25, 0.3) is 0 Å². The maximum Gasteiger partial charge on any atom is 0.251 e. The van der Waals surface area contributed by atoms with Gasteiger partial charge in [-0.05, 0) is 25.0 Å². The average molecular weight is 179 g/mol. The first-order chi connectivity index (χ1) is 6.20. The van der Waals surface area contributed by atoms with Crippen molar-refractivity contribution < 1.29 is 9.18 Å². The highest BCUT2D eigenvalue weighted by atomic mass is 19.1. The Morgan fingerprint density at radius 1 is 1.46 bits per heavy atom. The molecule has 1 aromatic carbocycles. The van der Waals surface area contributed by atoms with Crippen LogP contribution in [0.4, 0.5) is 4.39 Å². The Labute approximate surface area is 75.8 Å². The summed E-state index contributed by atoms with van der Waals surface area (Å²) >= 11 is 0. The van der Waals surface area contributed by atoms with Gasteiger partial charge in [0.15, 0.2) is 0 Å². The summed E-state index contributed by atoms with van der Waals surface area (Å²) in [5, 5.41) is 2.68. The van der Waals surface area contributed by atoms with Crippen LogP contribution in [0.5, 0.6) is 0 Å². The molecule has 1 N–H and O–H groups in total. The van der Waals surface area contributed by atoms with Crippen molar-refractivity contribution in [1.82, 2.24) is 5.32 Å². The average Bonchev–Trinajstić information content (AvgIpc) is 2.12. The van der Waals surface area contributed by atoms with E-state index in [-0.39, 0.29) is 11.7 Å². The number of halogens is 1. The Hall–Kier alpha value is -1.38. The number of carbonyl (C=O) groups excluding carboxylic acids is 1. The number of fused-ring (bicyclic) bond motifs is 1. The van der Waals surface area contributed by atoms with E-state index in [9.17, 15) is 9.18 Å². The van der Waals surface area contributed by atoms with E-state index in [1.165, 1.54) is 0 Å². The van der Waals surface area contributed by atoms with Crippen LogP contribution in [0.15, 0.2) is 12.1 Å². The second-order valence-corrected chi connectivity index (χ2v) is 3.23. The van der Waals surface area contributed by atoms with Crippen LogP contribution >= 0.6 is 0 Å². The zero-order valence-corrected chi connectivity index (χ0v) is 7.36. The van der Waals surface area contributed by atoms with Crippen molar-refractivity contribution >= 4 is 5.91 Å². The third kappa shape index (κ3) is 1.20. The molecule has 1 heterocycles. The molecule has 0 unspecified atom stereocenters. The predicted molar refractivity (Wildman–Crippen MR) is 47.2 cm³/mol. The number of carbonyl (C=O) groups is 1. The monoisotopic (exact) mass is 179 g/mol. The largest absolute Gasteiger partial charge is 0.352 e. The second-order valence-electron chi connectivity index (χ2n) is 3.23. The fourth-order valence-electron chi connectivity index (χ4n) is 1.59. The van der Waals surface area contributed by atoms with Gasteiger partial charge in [-0.1, -0.05) is 6.07 Å². The summed E-state index contributed by atoms with van der Waals surface area (Å²) in [7, 11) is 0. The molecular weight excluding hydrogens is 169 g/mol. The number of hydrogen-bond acceptors (Lipinski definition) is 1. The first kappa shape index (κ1) is 8.23. The Bertz CT molecular complexity index is 373. The third-order valence-corrected chi connectivity index (χ3v) is 2.34. The maximum absolute atomic E-state index is 13.5. The topological polar surface area (TPSA) is 29.1 Å². The van der Waals surface area contributed by atoms with Crippen LogP contribution in [-0.2, 0) is 6.42 Å². The number of benzene rings is 1. The van der Waals surface area contributed by atoms with Gasteiger partial charge in [0.25, 0.3) is 5.91 Å². The Kier molecular flexibility index (Phi) is 1.79. The van der Waals surface area contributed by atoms with Gasteiger partial charge >= 0.3 is 0 Å². The Balaban J connectivity index is 2.63. The van der Waals surface area contributed by atoms with E-state index < -0.39 is 0 Å². The first-order valence-electron chi connectivity index (χ1n) is 4.26. The molecule has 0 aromatic heterocycles. The molecule has 68 valence electrons. The number of rotatable bonds is 0. The number of amides is 1. The number of aryl methyl sites for hydroxylation is 1. The van der Waals surface area contributed by atoms with Crippen molar-refractivity contribution in [3.8, 4) is 0 Å². The van der Waals surface area contributed by atoms with Gasteiger partial charge in [-0.3, -0.25) is 4.79 Å². The zero-order valence-electron chi connectivity index (χ0n) is 7.36. The molecule has 3 heteroatoms. The molecule has 0 atom stereocenters. The number of hydrogen-bond donors (Lipinski definition) is 1. The Morgan fingerprint density at radius 2 is 2.23 bits per heavy atom. The Morgan fingerprint density at radius 3 is 3.00 bits per heavy atom. The molecule has 1 amide bonds. The van der Waals surface area contributed by atoms with E-state index in [4.69, 9.17) is 0 Å². The number of nitrogens with one attached hydrogen (secondary N) is 1. The summed E-state index contributed by atoms with van der Waals surface area (Å²) in [4.78, 5) is 11.3. The fraction of sp³-hybridized carbons (Fsp3) is 0.300. The standard InChI is InChI=1S/C10H10FNO/c1-6-2-3-8-7(9(6)11)4-5-12-10(8)13/h2-3H,4-5H2,1H3,(H,12,13). The smallest absolute Gasteiger partial charge is 0.251 e. The van der Waals surface area contributed by atoms with Gasteiger partial charge in [0.05, 0.1) is 0 Å². The summed E-state index contributed by atoms with van der Waals surface area (Å²) in [5.74, 6) is -0.396. The van der Waals surface area contributed by atoms with Crippen LogP contribution in [-0.4, -0.2) is 12.5 Å². The first-order valence-corrected chi connectivity index (χ1v) is 4.26. The van der Waals surface area contributed by atoms with Crippen molar-refractivity contribution in [2.24, 2.45) is 0 Å². The van der Waals surface area contributed by atoms with Crippen molar-refractivity contribution in [2.45, 2.75) is 13.3 Å². The highest BCUT2D eigenvalue weighted by Crippen LogP contribution is 2.20. The fourth-order valence-corrected chi connectivity index (χ4v) is 1.59. The maximum atomic E-state index is 13.5. The second kappa shape index (κ2) is 2.83. The van der Waals surface area contributed by atoms with E-state index in [1.54, 1.807) is 19.1 Å². The lowest BCUT2D eigenvalue weighted by molar-refractivity contribution is 0.0945. The molecule has 0 fully saturated rings. The molecule has 2 rings (SSSR count). The minimum absolute atomic E-state index is 0.167. The van der Waals surface area contributed by atoms with E-state index in [1.807, 2.05) is 0 Å². The van der Waals surface area contributed by atoms with Crippen LogP contribution in [0, 0.1) is 12.7 Å². The van der Waals surface area contributed by atoms with E-state index in [2.05, 4.69) is 5.32 Å². The normalized spacial score (nSPS) is 15.1. The van der Waals surface area contributed by atoms with Gasteiger partial charge < -0.3 is 5.32 Å². The zero-order chi connectivity index (χ0) is 9.42. The van der Waals surface area contributed by atoms with Crippen LogP contribution in [0.2, 0.25) is 0 Å². The van der Waals surface area contributed by atoms with Crippen molar-refractivity contribution in [2.75, 3.05) is 6.54 Å². The van der Waals surface area contributed by atoms with E-state index in [0.29, 0.717) is 29.7 Å². The third-order valence-electron chi connectivity index (χ3n) is 2.34. The molecule has 0 saturated carbocycles. The van der Waals surface area contributed by atoms with E-state index >= 15 is 0 Å². The molecule has 0 bridgehead atoms. The SMILES string of the molecule is Cc1ccc2c(c1F)CCNC2=O. The summed E-state index contributed by atoms with van der Waals surface area (Å²) in [5.41, 5.74) is 1.64. The minimum atomic E-state index is -0.229. The molecule has 1 aromatic rings. The quantitative estimate of drug-likeness (QED) is 0.641. The molecule has 0 radical (unpaired) electrons. The van der Waals surface area contributed by atoms with Gasteiger partial charge in [0, 0.05) is 17.7 Å². The lowest BCUT2D eigenvalue weighted by Gasteiger charge is -2.17. The molecule has 1 aliphatic rings. The molecular formula is C10H10FNO. The van der Waals surface area contributed by atoms with Crippen molar-refractivity contribution in [1.29, 1.82) is 0 Å². The highest BCUT2D eigenvalue weighted by Gasteiger charge is 2.20. The molecule has 0 saturated heterocycles. The lowest BCUT2D eigenvalue weighted by Crippen LogP contribution is -2.32. The van der Waals surface area contributed by atoms with Crippen LogP contribution in [0.1, 0.15) is 21.5 Å². The molecule has 2 nitrogen and oxygen atoms in total. The molecule has 1 aliphatic heterocycles. The summed E-state index contributed by atoms with van der Waals surface area (Å²) in [6.45, 7) is 2.24. The van der Waals surface area contributed by atoms with Gasteiger partial charge in [0.1, 0.15) is 5.82 Å². The van der Waals surface area contributed by atoms with Crippen LogP contribution < -0.4 is 5.32 Å². The van der Waals surface area contributed by atoms with Gasteiger partial charge in [-0.25, -0.2) is 4.39 Å². The highest BCUT2D eigenvalue weighted by molar-refractivity contribution is 5.96. The summed E-state index contributed by atoms with van der Waals surface area (Å²) in [6, 6.07) is 3.32. The van der Waals surface area contributed by atoms with Gasteiger partial charge in [-0.2, -0.15) is 0 Å². The van der Waals surface area contributed by atoms with Gasteiger partial charge in [0.2, 0.25) is 0 Å². The summed E-state index contributed by atoms with van der Waals surface area (Å²) in [6.07, 6.45) is 0.592. The van der Waals surface area contributed by atoms with Crippen molar-refractivity contribution in [3.63, 3.8) is 0 Å². The molecule has 0 aliphatic carbocycles. The predicted octanol–water partition coefficient (Wildman–Crippen LogP) is 1.42. The van der Waals surface area contributed by atoms with Crippen LogP contribution in [0.3, 0.4) is 0 Å². The van der Waals surface area contributed by atoms with Crippen molar-refractivity contribution in [3.05, 3.63) is 34.6 Å². The molecule has 13 heavy (non-hydrogen) atoms. The minimum Gasteiger partial charge on any atom is -0.352 e. The molecule has 0 spiro atoms. The van der Waals surface area contributed by atoms with E-state index in [0.717, 1.165) is 0 Å². The summed E-state index contributed by atoms with van der Waals surface area (Å²) < 4.78 is 13.5. The van der Waals surface area contributed by atoms with Gasteiger partial charge in [-0.15, -0.1) is 0 Å².